The highest BCUT2D eigenvalue weighted by Gasteiger charge is 2.10. The van der Waals surface area contributed by atoms with E-state index in [0.717, 1.165) is 66.0 Å². The van der Waals surface area contributed by atoms with Gasteiger partial charge >= 0.3 is 0 Å². The van der Waals surface area contributed by atoms with Crippen molar-refractivity contribution in [3.8, 4) is 32.6 Å². The van der Waals surface area contributed by atoms with Crippen molar-refractivity contribution in [2.45, 2.75) is 3.92 Å². The summed E-state index contributed by atoms with van der Waals surface area (Å²) in [6, 6.07) is 27.2. The molecule has 190 valence electrons. The quantitative estimate of drug-likeness (QED) is 0.0987. The first kappa shape index (κ1) is 24.9. The molecule has 6 rings (SSSR count). The number of aromatic hydroxyl groups is 2. The molecule has 0 saturated heterocycles. The van der Waals surface area contributed by atoms with Crippen molar-refractivity contribution in [1.82, 2.24) is 9.97 Å². The van der Waals surface area contributed by atoms with E-state index in [-0.39, 0.29) is 11.5 Å². The van der Waals surface area contributed by atoms with E-state index >= 15 is 0 Å². The third-order valence-electron chi connectivity index (χ3n) is 6.06. The van der Waals surface area contributed by atoms with Gasteiger partial charge < -0.3 is 20.8 Å². The Morgan fingerprint density at radius 3 is 1.47 bits per heavy atom. The third-order valence-corrected chi connectivity index (χ3v) is 9.08. The molecule has 6 aromatic rings. The number of nitrogens with one attached hydrogen (secondary N) is 2. The molecule has 0 amide bonds. The Labute approximate surface area is 241 Å². The molecule has 2 aromatic heterocycles. The van der Waals surface area contributed by atoms with Crippen LogP contribution in [0, 0.1) is 0 Å². The molecule has 0 radical (unpaired) electrons. The first-order chi connectivity index (χ1) is 18.5. The Morgan fingerprint density at radius 1 is 0.632 bits per heavy atom. The van der Waals surface area contributed by atoms with Crippen molar-refractivity contribution in [1.29, 1.82) is 0 Å². The number of hydrogen-bond acceptors (Lipinski definition) is 8. The van der Waals surface area contributed by atoms with Gasteiger partial charge in [-0.05, 0) is 84.9 Å². The van der Waals surface area contributed by atoms with Gasteiger partial charge in [0, 0.05) is 39.5 Å². The molecule has 6 nitrogen and oxygen atoms in total. The zero-order chi connectivity index (χ0) is 26.1. The molecule has 38 heavy (non-hydrogen) atoms. The van der Waals surface area contributed by atoms with Gasteiger partial charge in [-0.15, -0.1) is 22.7 Å². The van der Waals surface area contributed by atoms with Crippen LogP contribution < -0.4 is 10.6 Å². The van der Waals surface area contributed by atoms with Crippen LogP contribution in [0.15, 0.2) is 84.9 Å². The predicted octanol–water partition coefficient (Wildman–Crippen LogP) is 7.98. The number of aromatic nitrogens is 2. The molecular formula is C29H23IN4O2S2. The van der Waals surface area contributed by atoms with Gasteiger partial charge in [0.2, 0.25) is 0 Å². The van der Waals surface area contributed by atoms with Crippen molar-refractivity contribution in [2.24, 2.45) is 0 Å². The third kappa shape index (κ3) is 5.54. The summed E-state index contributed by atoms with van der Waals surface area (Å²) in [5, 5.41) is 28.3. The highest BCUT2D eigenvalue weighted by molar-refractivity contribution is 14.1. The Bertz CT molecular complexity index is 1590. The van der Waals surface area contributed by atoms with Gasteiger partial charge in [-0.3, -0.25) is 0 Å². The number of alkyl halides is 1. The number of phenolic OH excluding ortho intramolecular Hbond substituents is 2. The number of anilines is 2. The molecule has 4 aromatic carbocycles. The second kappa shape index (κ2) is 10.8. The van der Waals surface area contributed by atoms with E-state index in [2.05, 4.69) is 91.7 Å². The molecule has 4 N–H and O–H groups in total. The first-order valence-electron chi connectivity index (χ1n) is 12.0. The predicted molar refractivity (Wildman–Crippen MR) is 168 cm³/mol. The van der Waals surface area contributed by atoms with E-state index in [0.29, 0.717) is 3.92 Å². The largest absolute Gasteiger partial charge is 0.508 e. The Kier molecular flexibility index (Phi) is 7.05. The summed E-state index contributed by atoms with van der Waals surface area (Å²) in [7, 11) is 0. The van der Waals surface area contributed by atoms with Gasteiger partial charge in [-0.25, -0.2) is 9.97 Å². The van der Waals surface area contributed by atoms with Gasteiger partial charge in [0.25, 0.3) is 0 Å². The summed E-state index contributed by atoms with van der Waals surface area (Å²) in [4.78, 5) is 9.36. The van der Waals surface area contributed by atoms with Crippen LogP contribution in [0.3, 0.4) is 0 Å². The molecule has 0 atom stereocenters. The lowest BCUT2D eigenvalue weighted by Crippen LogP contribution is -2.22. The van der Waals surface area contributed by atoms with Crippen LogP contribution in [-0.4, -0.2) is 37.2 Å². The SMILES string of the molecule is Oc1ccc2nc(-c3ccc(NCC(I)CNc4ccc(-c5nc6ccc(O)cc6s5)cc4)cc3)sc2c1. The van der Waals surface area contributed by atoms with Gasteiger partial charge in [-0.1, -0.05) is 22.6 Å². The van der Waals surface area contributed by atoms with E-state index in [1.165, 1.54) is 0 Å². The van der Waals surface area contributed by atoms with Gasteiger partial charge in [0.15, 0.2) is 0 Å². The van der Waals surface area contributed by atoms with Crippen LogP contribution in [0.4, 0.5) is 11.4 Å². The minimum Gasteiger partial charge on any atom is -0.508 e. The first-order valence-corrected chi connectivity index (χ1v) is 14.9. The van der Waals surface area contributed by atoms with Crippen molar-refractivity contribution in [3.63, 3.8) is 0 Å². The van der Waals surface area contributed by atoms with Crippen molar-refractivity contribution < 1.29 is 10.2 Å². The van der Waals surface area contributed by atoms with Crippen molar-refractivity contribution in [2.75, 3.05) is 23.7 Å². The number of rotatable bonds is 8. The molecule has 2 heterocycles. The maximum absolute atomic E-state index is 9.69. The number of halogens is 1. The van der Waals surface area contributed by atoms with Crippen LogP contribution in [0.2, 0.25) is 0 Å². The number of phenols is 2. The van der Waals surface area contributed by atoms with Crippen LogP contribution in [0.1, 0.15) is 0 Å². The summed E-state index contributed by atoms with van der Waals surface area (Å²) < 4.78 is 2.35. The molecule has 0 aliphatic heterocycles. The molecule has 0 aliphatic rings. The second-order valence-corrected chi connectivity index (χ2v) is 12.7. The van der Waals surface area contributed by atoms with E-state index in [1.807, 2.05) is 12.1 Å². The highest BCUT2D eigenvalue weighted by Crippen LogP contribution is 2.34. The molecule has 0 spiro atoms. The van der Waals surface area contributed by atoms with Gasteiger partial charge in [0.1, 0.15) is 21.5 Å². The normalized spacial score (nSPS) is 11.4. The van der Waals surface area contributed by atoms with Gasteiger partial charge in [-0.2, -0.15) is 0 Å². The Balaban J connectivity index is 1.01. The molecule has 9 heteroatoms. The van der Waals surface area contributed by atoms with Gasteiger partial charge in [0.05, 0.1) is 20.4 Å². The molecule has 0 aliphatic carbocycles. The minimum absolute atomic E-state index is 0.263. The summed E-state index contributed by atoms with van der Waals surface area (Å²) in [6.45, 7) is 1.67. The lowest BCUT2D eigenvalue weighted by molar-refractivity contribution is 0.475. The molecule has 0 unspecified atom stereocenters. The van der Waals surface area contributed by atoms with E-state index in [9.17, 15) is 10.2 Å². The van der Waals surface area contributed by atoms with Crippen molar-refractivity contribution in [3.05, 3.63) is 84.9 Å². The zero-order valence-corrected chi connectivity index (χ0v) is 23.8. The second-order valence-electron chi connectivity index (χ2n) is 8.86. The van der Waals surface area contributed by atoms with E-state index < -0.39 is 0 Å². The fraction of sp³-hybridized carbons (Fsp3) is 0.103. The lowest BCUT2D eigenvalue weighted by atomic mass is 10.2. The molecule has 0 saturated carbocycles. The average molecular weight is 651 g/mol. The Hall–Kier alpha value is -3.41. The highest BCUT2D eigenvalue weighted by atomic mass is 127. The van der Waals surface area contributed by atoms with E-state index in [1.54, 1.807) is 46.9 Å². The number of thiazole rings is 2. The molecular weight excluding hydrogens is 627 g/mol. The summed E-state index contributed by atoms with van der Waals surface area (Å²) >= 11 is 5.63. The molecule has 0 bridgehead atoms. The monoisotopic (exact) mass is 650 g/mol. The summed E-state index contributed by atoms with van der Waals surface area (Å²) in [5.74, 6) is 0.526. The fourth-order valence-electron chi connectivity index (χ4n) is 4.06. The molecule has 0 fully saturated rings. The number of benzene rings is 4. The summed E-state index contributed by atoms with van der Waals surface area (Å²) in [5.41, 5.74) is 6.08. The summed E-state index contributed by atoms with van der Waals surface area (Å²) in [6.07, 6.45) is 0. The van der Waals surface area contributed by atoms with E-state index in [4.69, 9.17) is 0 Å². The standard InChI is InChI=1S/C29H23IN4O2S2/c30-19(15-31-20-5-1-17(2-6-20)28-33-24-11-9-22(35)13-26(24)37-28)16-32-21-7-3-18(4-8-21)29-34-25-12-10-23(36)14-27(25)38-29/h1-14,19,31-32,35-36H,15-16H2. The Morgan fingerprint density at radius 2 is 1.05 bits per heavy atom. The number of nitrogens with zero attached hydrogens (tertiary/aromatic N) is 2. The fourth-order valence-corrected chi connectivity index (χ4v) is 6.51. The van der Waals surface area contributed by atoms with Crippen LogP contribution >= 0.6 is 45.3 Å². The average Bonchev–Trinajstić information content (AvgIpc) is 3.55. The van der Waals surface area contributed by atoms with Crippen LogP contribution in [-0.2, 0) is 0 Å². The maximum atomic E-state index is 9.69. The zero-order valence-electron chi connectivity index (χ0n) is 20.1. The number of fused-ring (bicyclic) bond motifs is 2. The van der Waals surface area contributed by atoms with Crippen LogP contribution in [0.5, 0.6) is 11.5 Å². The smallest absolute Gasteiger partial charge is 0.124 e. The topological polar surface area (TPSA) is 90.3 Å². The maximum Gasteiger partial charge on any atom is 0.124 e. The number of hydrogen-bond donors (Lipinski definition) is 4. The van der Waals surface area contributed by atoms with Crippen molar-refractivity contribution >= 4 is 77.1 Å². The lowest BCUT2D eigenvalue weighted by Gasteiger charge is -2.14. The minimum atomic E-state index is 0.263. The van der Waals surface area contributed by atoms with Crippen LogP contribution in [0.25, 0.3) is 41.6 Å².